The Labute approximate surface area is 178 Å². The molecule has 0 aliphatic rings. The number of rotatable bonds is 5. The third kappa shape index (κ3) is 4.08. The van der Waals surface area contributed by atoms with E-state index in [0.29, 0.717) is 11.7 Å². The standard InChI is InChI=1S/C22H22N6OS/c1-4-24-21(29)27-22-26-19-11-15(14-6-5-8-23-13-14)10-17(20(19)30-22)18-12-16(28(2)3)7-9-25-18/h5-13H,4H2,1-3H3,(H2,24,26,27,29). The van der Waals surface area contributed by atoms with Gasteiger partial charge in [-0.15, -0.1) is 0 Å². The molecule has 2 N–H and O–H groups in total. The van der Waals surface area contributed by atoms with Gasteiger partial charge in [0.25, 0.3) is 0 Å². The lowest BCUT2D eigenvalue weighted by atomic mass is 10.0. The van der Waals surface area contributed by atoms with E-state index in [1.807, 2.05) is 62.6 Å². The summed E-state index contributed by atoms with van der Waals surface area (Å²) in [7, 11) is 4.00. The lowest BCUT2D eigenvalue weighted by molar-refractivity contribution is 0.252. The fourth-order valence-electron chi connectivity index (χ4n) is 3.12. The summed E-state index contributed by atoms with van der Waals surface area (Å²) in [6.07, 6.45) is 5.39. The molecule has 152 valence electrons. The first-order valence-corrected chi connectivity index (χ1v) is 10.4. The van der Waals surface area contributed by atoms with Gasteiger partial charge in [0.05, 0.1) is 15.9 Å². The number of carbonyl (C=O) groups excluding carboxylic acids is 1. The average molecular weight is 419 g/mol. The smallest absolute Gasteiger partial charge is 0.321 e. The highest BCUT2D eigenvalue weighted by Gasteiger charge is 2.15. The van der Waals surface area contributed by atoms with Crippen molar-refractivity contribution >= 4 is 38.4 Å². The number of amides is 2. The van der Waals surface area contributed by atoms with Gasteiger partial charge in [-0.2, -0.15) is 0 Å². The summed E-state index contributed by atoms with van der Waals surface area (Å²) in [5.41, 5.74) is 5.68. The number of thiazole rings is 1. The summed E-state index contributed by atoms with van der Waals surface area (Å²) in [6.45, 7) is 2.42. The summed E-state index contributed by atoms with van der Waals surface area (Å²) in [5.74, 6) is 0. The number of hydrogen-bond donors (Lipinski definition) is 2. The molecule has 0 saturated heterocycles. The maximum absolute atomic E-state index is 12.0. The summed E-state index contributed by atoms with van der Waals surface area (Å²) < 4.78 is 0.970. The van der Waals surface area contributed by atoms with Gasteiger partial charge >= 0.3 is 6.03 Å². The van der Waals surface area contributed by atoms with Crippen LogP contribution in [0.25, 0.3) is 32.6 Å². The van der Waals surface area contributed by atoms with Crippen molar-refractivity contribution in [3.8, 4) is 22.4 Å². The number of hydrogen-bond acceptors (Lipinski definition) is 6. The highest BCUT2D eigenvalue weighted by atomic mass is 32.1. The Morgan fingerprint density at radius 3 is 2.73 bits per heavy atom. The first-order chi connectivity index (χ1) is 14.5. The van der Waals surface area contributed by atoms with E-state index >= 15 is 0 Å². The molecule has 30 heavy (non-hydrogen) atoms. The van der Waals surface area contributed by atoms with Gasteiger partial charge in [-0.25, -0.2) is 9.78 Å². The summed E-state index contributed by atoms with van der Waals surface area (Å²) in [6, 6.07) is 11.8. The van der Waals surface area contributed by atoms with Crippen LogP contribution in [0.4, 0.5) is 15.6 Å². The highest BCUT2D eigenvalue weighted by Crippen LogP contribution is 2.38. The van der Waals surface area contributed by atoms with Crippen molar-refractivity contribution in [2.45, 2.75) is 6.92 Å². The fraction of sp³-hybridized carbons (Fsp3) is 0.182. The minimum Gasteiger partial charge on any atom is -0.378 e. The van der Waals surface area contributed by atoms with Gasteiger partial charge < -0.3 is 10.2 Å². The normalized spacial score (nSPS) is 10.8. The molecule has 0 radical (unpaired) electrons. The molecule has 4 aromatic rings. The van der Waals surface area contributed by atoms with Crippen LogP contribution in [-0.2, 0) is 0 Å². The summed E-state index contributed by atoms with van der Waals surface area (Å²) in [4.78, 5) is 27.5. The van der Waals surface area contributed by atoms with E-state index in [1.165, 1.54) is 11.3 Å². The second kappa shape index (κ2) is 8.46. The van der Waals surface area contributed by atoms with Crippen LogP contribution in [0.15, 0.2) is 55.0 Å². The Balaban J connectivity index is 1.88. The molecule has 0 aliphatic heterocycles. The molecule has 0 bridgehead atoms. The number of urea groups is 1. The van der Waals surface area contributed by atoms with Crippen LogP contribution in [0, 0.1) is 0 Å². The van der Waals surface area contributed by atoms with Crippen molar-refractivity contribution in [3.63, 3.8) is 0 Å². The fourth-order valence-corrected chi connectivity index (χ4v) is 4.09. The third-order valence-corrected chi connectivity index (χ3v) is 5.60. The molecule has 0 atom stereocenters. The molecule has 0 spiro atoms. The van der Waals surface area contributed by atoms with Crippen LogP contribution in [0.3, 0.4) is 0 Å². The van der Waals surface area contributed by atoms with Crippen LogP contribution in [0.2, 0.25) is 0 Å². The van der Waals surface area contributed by atoms with Crippen LogP contribution in [0.1, 0.15) is 6.92 Å². The number of nitrogens with zero attached hydrogens (tertiary/aromatic N) is 4. The molecule has 8 heteroatoms. The van der Waals surface area contributed by atoms with Crippen LogP contribution >= 0.6 is 11.3 Å². The number of anilines is 2. The molecule has 7 nitrogen and oxygen atoms in total. The maximum Gasteiger partial charge on any atom is 0.321 e. The number of pyridine rings is 2. The Bertz CT molecular complexity index is 1190. The Morgan fingerprint density at radius 2 is 2.00 bits per heavy atom. The van der Waals surface area contributed by atoms with E-state index < -0.39 is 0 Å². The topological polar surface area (TPSA) is 83.0 Å². The van der Waals surface area contributed by atoms with E-state index in [2.05, 4.69) is 37.7 Å². The molecule has 4 rings (SSSR count). The number of benzene rings is 1. The molecule has 0 aliphatic carbocycles. The van der Waals surface area contributed by atoms with Gasteiger partial charge in [-0.1, -0.05) is 17.4 Å². The molecule has 0 unspecified atom stereocenters. The monoisotopic (exact) mass is 418 g/mol. The van der Waals surface area contributed by atoms with Gasteiger partial charge in [0.2, 0.25) is 0 Å². The van der Waals surface area contributed by atoms with E-state index in [1.54, 1.807) is 6.20 Å². The van der Waals surface area contributed by atoms with Gasteiger partial charge in [-0.3, -0.25) is 15.3 Å². The Morgan fingerprint density at radius 1 is 1.13 bits per heavy atom. The second-order valence-corrected chi connectivity index (χ2v) is 7.91. The quantitative estimate of drug-likeness (QED) is 0.494. The van der Waals surface area contributed by atoms with Crippen molar-refractivity contribution < 1.29 is 4.79 Å². The van der Waals surface area contributed by atoms with Crippen molar-refractivity contribution in [3.05, 3.63) is 55.0 Å². The van der Waals surface area contributed by atoms with Crippen molar-refractivity contribution in [1.29, 1.82) is 0 Å². The molecular weight excluding hydrogens is 396 g/mol. The van der Waals surface area contributed by atoms with E-state index in [9.17, 15) is 4.79 Å². The number of fused-ring (bicyclic) bond motifs is 1. The SMILES string of the molecule is CCNC(=O)Nc1nc2cc(-c3cccnc3)cc(-c3cc(N(C)C)ccn3)c2s1. The summed E-state index contributed by atoms with van der Waals surface area (Å²) >= 11 is 1.44. The zero-order chi connectivity index (χ0) is 21.1. The predicted molar refractivity (Wildman–Crippen MR) is 123 cm³/mol. The highest BCUT2D eigenvalue weighted by molar-refractivity contribution is 7.22. The van der Waals surface area contributed by atoms with Crippen molar-refractivity contribution in [2.24, 2.45) is 0 Å². The largest absolute Gasteiger partial charge is 0.378 e. The average Bonchev–Trinajstić information content (AvgIpc) is 3.16. The predicted octanol–water partition coefficient (Wildman–Crippen LogP) is 4.63. The zero-order valence-corrected chi connectivity index (χ0v) is 17.8. The first kappa shape index (κ1) is 19.8. The number of carbonyl (C=O) groups is 1. The number of nitrogens with one attached hydrogen (secondary N) is 2. The van der Waals surface area contributed by atoms with Crippen LogP contribution in [0.5, 0.6) is 0 Å². The lowest BCUT2D eigenvalue weighted by Gasteiger charge is -2.14. The molecule has 3 aromatic heterocycles. The molecule has 0 fully saturated rings. The van der Waals surface area contributed by atoms with Gasteiger partial charge in [-0.05, 0) is 42.8 Å². The van der Waals surface area contributed by atoms with Gasteiger partial charge in [0.15, 0.2) is 5.13 Å². The first-order valence-electron chi connectivity index (χ1n) is 9.58. The van der Waals surface area contributed by atoms with E-state index in [0.717, 1.165) is 38.3 Å². The lowest BCUT2D eigenvalue weighted by Crippen LogP contribution is -2.28. The Kier molecular flexibility index (Phi) is 5.58. The molecule has 3 heterocycles. The molecule has 1 aromatic carbocycles. The van der Waals surface area contributed by atoms with Crippen LogP contribution in [-0.4, -0.2) is 41.6 Å². The Hall–Kier alpha value is -3.52. The van der Waals surface area contributed by atoms with Gasteiger partial charge in [0, 0.05) is 56.0 Å². The maximum atomic E-state index is 12.0. The van der Waals surface area contributed by atoms with E-state index in [4.69, 9.17) is 0 Å². The minimum absolute atomic E-state index is 0.265. The van der Waals surface area contributed by atoms with Gasteiger partial charge in [0.1, 0.15) is 0 Å². The molecule has 2 amide bonds. The zero-order valence-electron chi connectivity index (χ0n) is 17.0. The summed E-state index contributed by atoms with van der Waals surface area (Å²) in [5, 5.41) is 6.09. The van der Waals surface area contributed by atoms with Crippen LogP contribution < -0.4 is 15.5 Å². The van der Waals surface area contributed by atoms with E-state index in [-0.39, 0.29) is 6.03 Å². The number of aromatic nitrogens is 3. The second-order valence-electron chi connectivity index (χ2n) is 6.91. The van der Waals surface area contributed by atoms with Crippen molar-refractivity contribution in [1.82, 2.24) is 20.3 Å². The minimum atomic E-state index is -0.265. The van der Waals surface area contributed by atoms with Crippen molar-refractivity contribution in [2.75, 3.05) is 30.9 Å². The third-order valence-electron chi connectivity index (χ3n) is 4.58. The molecule has 0 saturated carbocycles. The molecular formula is C22H22N6OS.